The Labute approximate surface area is 293 Å². The van der Waals surface area contributed by atoms with Crippen molar-refractivity contribution in [3.05, 3.63) is 77.9 Å². The number of methoxy groups -OCH3 is 1. The number of nitrogens with zero attached hydrogens (tertiary/aromatic N) is 1. The highest BCUT2D eigenvalue weighted by molar-refractivity contribution is 6.84. The Morgan fingerprint density at radius 2 is 1.43 bits per heavy atom. The van der Waals surface area contributed by atoms with Crippen molar-refractivity contribution in [2.75, 3.05) is 13.7 Å². The van der Waals surface area contributed by atoms with Gasteiger partial charge in [0.15, 0.2) is 0 Å². The van der Waals surface area contributed by atoms with Gasteiger partial charge in [-0.3, -0.25) is 14.4 Å². The fourth-order valence-electron chi connectivity index (χ4n) is 7.44. The third-order valence-corrected chi connectivity index (χ3v) is 20.5. The number of rotatable bonds is 12. The summed E-state index contributed by atoms with van der Waals surface area (Å²) in [7, 11) is -4.75. The van der Waals surface area contributed by atoms with Gasteiger partial charge in [-0.05, 0) is 51.5 Å². The summed E-state index contributed by atoms with van der Waals surface area (Å²) < 4.78 is 33.1. The minimum Gasteiger partial charge on any atom is -0.497 e. The van der Waals surface area contributed by atoms with E-state index in [0.29, 0.717) is 5.75 Å². The average Bonchev–Trinajstić information content (AvgIpc) is 3.25. The van der Waals surface area contributed by atoms with Gasteiger partial charge in [-0.2, -0.15) is 0 Å². The summed E-state index contributed by atoms with van der Waals surface area (Å²) in [6.45, 7) is 16.7. The SMILES string of the molecule is COc1ccc(CC(=O)OC[C@]2(O)C=C[C@]3(CC(=O)N3OCc3ccccc3)[C@@H]3O[Si](C(C)C)(C(C)C)O[Si](C(C)C)(C(C)C)O[C@@H]32)cc1. The lowest BCUT2D eigenvalue weighted by molar-refractivity contribution is -0.282. The van der Waals surface area contributed by atoms with Crippen molar-refractivity contribution < 1.29 is 42.0 Å². The monoisotopic (exact) mass is 711 g/mol. The van der Waals surface area contributed by atoms with Crippen molar-refractivity contribution in [3.8, 4) is 5.75 Å². The third-order valence-electron chi connectivity index (χ3n) is 10.3. The third kappa shape index (κ3) is 6.93. The Morgan fingerprint density at radius 1 is 0.857 bits per heavy atom. The summed E-state index contributed by atoms with van der Waals surface area (Å²) in [6.07, 6.45) is 1.65. The zero-order valence-electron chi connectivity index (χ0n) is 30.3. The molecule has 1 spiro atoms. The molecular formula is C37H53NO9Si2. The number of carbonyl (C=O) groups excluding carboxylic acids is 2. The van der Waals surface area contributed by atoms with Crippen LogP contribution in [0, 0.1) is 0 Å². The molecule has 2 aromatic carbocycles. The van der Waals surface area contributed by atoms with Crippen molar-refractivity contribution in [3.63, 3.8) is 0 Å². The summed E-state index contributed by atoms with van der Waals surface area (Å²) in [5, 5.41) is 14.0. The quantitative estimate of drug-likeness (QED) is 0.114. The van der Waals surface area contributed by atoms with Crippen molar-refractivity contribution in [2.45, 2.75) is 120 Å². The first kappa shape index (κ1) is 37.4. The molecule has 3 aliphatic rings. The van der Waals surface area contributed by atoms with Crippen LogP contribution in [-0.4, -0.2) is 76.2 Å². The summed E-state index contributed by atoms with van der Waals surface area (Å²) in [6, 6.07) is 16.8. The molecule has 2 saturated heterocycles. The number of esters is 1. The molecule has 1 aliphatic carbocycles. The lowest BCUT2D eigenvalue weighted by Gasteiger charge is -2.58. The minimum atomic E-state index is -3.19. The average molecular weight is 712 g/mol. The standard InChI is InChI=1S/C37H53NO9Si2/c1-25(2)48(26(3)4)45-34-35(46-49(47-48,27(5)6)28(7)8)37(41,24-43-33(40)21-29-15-17-31(42-9)18-16-29)20-19-36(34)22-32(39)38(36)44-23-30-13-11-10-12-14-30/h10-20,25-28,34-35,41H,21-24H2,1-9H3/t34-,35+,36+,37-/m1/s1. The molecule has 4 atom stereocenters. The fourth-order valence-corrected chi connectivity index (χ4v) is 18.8. The van der Waals surface area contributed by atoms with E-state index in [9.17, 15) is 14.7 Å². The number of hydrogen-bond acceptors (Lipinski definition) is 9. The van der Waals surface area contributed by atoms with Crippen LogP contribution in [0.3, 0.4) is 0 Å². The first-order valence-electron chi connectivity index (χ1n) is 17.4. The minimum absolute atomic E-state index is 0.00332. The number of aliphatic hydroxyl groups is 1. The zero-order chi connectivity index (χ0) is 35.8. The molecule has 2 heterocycles. The van der Waals surface area contributed by atoms with Crippen molar-refractivity contribution in [2.24, 2.45) is 0 Å². The number of β-lactam (4-membered cyclic amide) rings is 1. The van der Waals surface area contributed by atoms with Crippen LogP contribution in [0.1, 0.15) is 72.9 Å². The van der Waals surface area contributed by atoms with Crippen LogP contribution in [0.2, 0.25) is 22.2 Å². The number of fused-ring (bicyclic) bond motifs is 2. The second-order valence-electron chi connectivity index (χ2n) is 14.9. The second-order valence-corrected chi connectivity index (χ2v) is 23.7. The van der Waals surface area contributed by atoms with E-state index in [1.54, 1.807) is 43.5 Å². The van der Waals surface area contributed by atoms with Gasteiger partial charge in [0.05, 0.1) is 20.0 Å². The van der Waals surface area contributed by atoms with Crippen molar-refractivity contribution in [1.29, 1.82) is 0 Å². The highest BCUT2D eigenvalue weighted by Gasteiger charge is 2.71. The van der Waals surface area contributed by atoms with E-state index in [-0.39, 0.29) is 54.1 Å². The first-order chi connectivity index (χ1) is 23.1. The highest BCUT2D eigenvalue weighted by atomic mass is 28.5. The molecular weight excluding hydrogens is 659 g/mol. The zero-order valence-corrected chi connectivity index (χ0v) is 32.3. The van der Waals surface area contributed by atoms with E-state index >= 15 is 0 Å². The molecule has 0 bridgehead atoms. The Morgan fingerprint density at radius 3 is 1.96 bits per heavy atom. The molecule has 1 amide bonds. The summed E-state index contributed by atoms with van der Waals surface area (Å²) >= 11 is 0. The van der Waals surface area contributed by atoms with E-state index < -0.39 is 46.4 Å². The molecule has 49 heavy (non-hydrogen) atoms. The van der Waals surface area contributed by atoms with Crippen LogP contribution >= 0.6 is 0 Å². The van der Waals surface area contributed by atoms with E-state index in [4.69, 9.17) is 27.3 Å². The summed E-state index contributed by atoms with van der Waals surface area (Å²) in [4.78, 5) is 32.8. The van der Waals surface area contributed by atoms with Crippen LogP contribution in [0.15, 0.2) is 66.7 Å². The van der Waals surface area contributed by atoms with Crippen LogP contribution in [0.4, 0.5) is 0 Å². The lowest BCUT2D eigenvalue weighted by atomic mass is 9.70. The first-order valence-corrected chi connectivity index (χ1v) is 21.3. The predicted octanol–water partition coefficient (Wildman–Crippen LogP) is 6.51. The van der Waals surface area contributed by atoms with Gasteiger partial charge in [-0.1, -0.05) is 104 Å². The van der Waals surface area contributed by atoms with Gasteiger partial charge in [0.25, 0.3) is 0 Å². The molecule has 0 saturated carbocycles. The molecule has 0 unspecified atom stereocenters. The molecule has 12 heteroatoms. The van der Waals surface area contributed by atoms with Gasteiger partial charge < -0.3 is 27.5 Å². The molecule has 10 nitrogen and oxygen atoms in total. The van der Waals surface area contributed by atoms with Crippen LogP contribution < -0.4 is 4.74 Å². The van der Waals surface area contributed by atoms with Gasteiger partial charge in [-0.15, -0.1) is 0 Å². The maximum absolute atomic E-state index is 13.4. The maximum Gasteiger partial charge on any atom is 0.335 e. The van der Waals surface area contributed by atoms with Crippen LogP contribution in [-0.2, 0) is 45.2 Å². The van der Waals surface area contributed by atoms with E-state index in [0.717, 1.165) is 11.1 Å². The molecule has 5 rings (SSSR count). The maximum atomic E-state index is 13.4. The Hall–Kier alpha value is -2.85. The number of benzene rings is 2. The van der Waals surface area contributed by atoms with Gasteiger partial charge in [0.1, 0.15) is 42.3 Å². The number of hydrogen-bond donors (Lipinski definition) is 1. The molecule has 0 radical (unpaired) electrons. The fraction of sp³-hybridized carbons (Fsp3) is 0.568. The largest absolute Gasteiger partial charge is 0.497 e. The Bertz CT molecular complexity index is 1480. The number of ether oxygens (including phenoxy) is 2. The molecule has 0 aromatic heterocycles. The lowest BCUT2D eigenvalue weighted by Crippen LogP contribution is -2.76. The van der Waals surface area contributed by atoms with E-state index in [2.05, 4.69) is 55.4 Å². The van der Waals surface area contributed by atoms with Gasteiger partial charge in [0.2, 0.25) is 5.91 Å². The van der Waals surface area contributed by atoms with Crippen molar-refractivity contribution in [1.82, 2.24) is 5.06 Å². The number of amides is 1. The molecule has 2 fully saturated rings. The van der Waals surface area contributed by atoms with E-state index in [1.165, 1.54) is 5.06 Å². The van der Waals surface area contributed by atoms with Crippen LogP contribution in [0.25, 0.3) is 0 Å². The second kappa shape index (κ2) is 14.4. The Balaban J connectivity index is 1.56. The number of hydroxylamine groups is 2. The predicted molar refractivity (Wildman–Crippen MR) is 190 cm³/mol. The van der Waals surface area contributed by atoms with Gasteiger partial charge in [0, 0.05) is 0 Å². The molecule has 2 aliphatic heterocycles. The topological polar surface area (TPSA) is 113 Å². The summed E-state index contributed by atoms with van der Waals surface area (Å²) in [5.74, 6) is 0.000679. The summed E-state index contributed by atoms with van der Waals surface area (Å²) in [5.41, 5.74) is -1.15. The van der Waals surface area contributed by atoms with Gasteiger partial charge in [-0.25, -0.2) is 5.06 Å². The molecule has 2 aromatic rings. The van der Waals surface area contributed by atoms with Gasteiger partial charge >= 0.3 is 23.1 Å². The normalized spacial score (nSPS) is 27.4. The number of carbonyl (C=O) groups is 2. The Kier molecular flexibility index (Phi) is 11.0. The van der Waals surface area contributed by atoms with E-state index in [1.807, 2.05) is 30.3 Å². The smallest absolute Gasteiger partial charge is 0.335 e. The highest BCUT2D eigenvalue weighted by Crippen LogP contribution is 2.55. The van der Waals surface area contributed by atoms with Crippen molar-refractivity contribution >= 4 is 29.0 Å². The van der Waals surface area contributed by atoms with Crippen LogP contribution in [0.5, 0.6) is 5.75 Å². The molecule has 268 valence electrons. The molecule has 1 N–H and O–H groups in total.